The molecule has 0 unspecified atom stereocenters. The van der Waals surface area contributed by atoms with Gasteiger partial charge in [0.25, 0.3) is 0 Å². The maximum atomic E-state index is 5.41. The topological polar surface area (TPSA) is 41.3 Å². The SMILES string of the molecule is CN(CCc1cccs1)Cc1cc(CNC(C)(C)C)no1. The molecule has 2 heterocycles. The molecule has 2 aromatic rings. The van der Waals surface area contributed by atoms with E-state index in [-0.39, 0.29) is 5.54 Å². The average molecular weight is 307 g/mol. The molecule has 2 aromatic heterocycles. The normalized spacial score (nSPS) is 12.2. The lowest BCUT2D eigenvalue weighted by molar-refractivity contribution is 0.273. The third-order valence-electron chi connectivity index (χ3n) is 3.15. The second-order valence-electron chi connectivity index (χ2n) is 6.46. The van der Waals surface area contributed by atoms with Crippen LogP contribution >= 0.6 is 11.3 Å². The monoisotopic (exact) mass is 307 g/mol. The van der Waals surface area contributed by atoms with Crippen molar-refractivity contribution in [2.45, 2.75) is 45.8 Å². The molecule has 0 saturated heterocycles. The van der Waals surface area contributed by atoms with Crippen LogP contribution in [-0.2, 0) is 19.5 Å². The number of hydrogen-bond donors (Lipinski definition) is 1. The van der Waals surface area contributed by atoms with E-state index in [2.05, 4.69) is 60.7 Å². The second-order valence-corrected chi connectivity index (χ2v) is 7.49. The van der Waals surface area contributed by atoms with Crippen molar-refractivity contribution in [3.8, 4) is 0 Å². The number of aromatic nitrogens is 1. The molecular weight excluding hydrogens is 282 g/mol. The summed E-state index contributed by atoms with van der Waals surface area (Å²) >= 11 is 1.81. The van der Waals surface area contributed by atoms with Crippen molar-refractivity contribution in [1.29, 1.82) is 0 Å². The first kappa shape index (κ1) is 16.2. The molecule has 21 heavy (non-hydrogen) atoms. The third-order valence-corrected chi connectivity index (χ3v) is 4.09. The lowest BCUT2D eigenvalue weighted by Gasteiger charge is -2.19. The van der Waals surface area contributed by atoms with E-state index in [0.717, 1.165) is 37.5 Å². The summed E-state index contributed by atoms with van der Waals surface area (Å²) in [7, 11) is 2.11. The van der Waals surface area contributed by atoms with Gasteiger partial charge < -0.3 is 9.84 Å². The fraction of sp³-hybridized carbons (Fsp3) is 0.562. The van der Waals surface area contributed by atoms with Crippen molar-refractivity contribution in [2.24, 2.45) is 0 Å². The van der Waals surface area contributed by atoms with Gasteiger partial charge in [0.2, 0.25) is 0 Å². The Morgan fingerprint density at radius 1 is 1.38 bits per heavy atom. The third kappa shape index (κ3) is 5.99. The Hall–Kier alpha value is -1.17. The molecule has 0 atom stereocenters. The van der Waals surface area contributed by atoms with Crippen molar-refractivity contribution in [3.05, 3.63) is 39.9 Å². The van der Waals surface area contributed by atoms with Crippen molar-refractivity contribution < 1.29 is 4.52 Å². The highest BCUT2D eigenvalue weighted by molar-refractivity contribution is 7.09. The zero-order chi connectivity index (χ0) is 15.3. The number of likely N-dealkylation sites (N-methyl/N-ethyl adjacent to an activating group) is 1. The fourth-order valence-electron chi connectivity index (χ4n) is 1.97. The maximum Gasteiger partial charge on any atom is 0.151 e. The van der Waals surface area contributed by atoms with E-state index >= 15 is 0 Å². The van der Waals surface area contributed by atoms with Crippen molar-refractivity contribution >= 4 is 11.3 Å². The Bertz CT molecular complexity index is 528. The highest BCUT2D eigenvalue weighted by Gasteiger charge is 2.12. The van der Waals surface area contributed by atoms with Gasteiger partial charge in [-0.3, -0.25) is 4.90 Å². The highest BCUT2D eigenvalue weighted by atomic mass is 32.1. The second kappa shape index (κ2) is 7.20. The molecule has 0 fully saturated rings. The first-order chi connectivity index (χ1) is 9.92. The molecule has 0 aliphatic heterocycles. The van der Waals surface area contributed by atoms with Crippen LogP contribution in [0.4, 0.5) is 0 Å². The summed E-state index contributed by atoms with van der Waals surface area (Å²) in [6.45, 7) is 9.00. The van der Waals surface area contributed by atoms with Crippen LogP contribution in [0, 0.1) is 0 Å². The van der Waals surface area contributed by atoms with Gasteiger partial charge >= 0.3 is 0 Å². The molecule has 0 radical (unpaired) electrons. The number of thiophene rings is 1. The van der Waals surface area contributed by atoms with E-state index in [1.54, 1.807) is 0 Å². The van der Waals surface area contributed by atoms with Gasteiger partial charge in [-0.2, -0.15) is 0 Å². The summed E-state index contributed by atoms with van der Waals surface area (Å²) in [6.07, 6.45) is 1.08. The Labute approximate surface area is 131 Å². The Morgan fingerprint density at radius 2 is 2.19 bits per heavy atom. The minimum atomic E-state index is 0.0939. The molecule has 0 spiro atoms. The molecule has 1 N–H and O–H groups in total. The molecule has 0 saturated carbocycles. The van der Waals surface area contributed by atoms with Crippen molar-refractivity contribution in [1.82, 2.24) is 15.4 Å². The molecule has 0 amide bonds. The largest absolute Gasteiger partial charge is 0.360 e. The van der Waals surface area contributed by atoms with Crippen LogP contribution in [0.5, 0.6) is 0 Å². The summed E-state index contributed by atoms with van der Waals surface area (Å²) < 4.78 is 5.41. The standard InChI is InChI=1S/C16H25N3OS/c1-16(2,3)17-11-13-10-14(20-18-13)12-19(4)8-7-15-6-5-9-21-15/h5-6,9-10,17H,7-8,11-12H2,1-4H3. The first-order valence-electron chi connectivity index (χ1n) is 7.33. The predicted octanol–water partition coefficient (Wildman–Crippen LogP) is 3.30. The number of nitrogens with one attached hydrogen (secondary N) is 1. The molecule has 4 nitrogen and oxygen atoms in total. The van der Waals surface area contributed by atoms with Gasteiger partial charge in [-0.1, -0.05) is 11.2 Å². The fourth-order valence-corrected chi connectivity index (χ4v) is 2.67. The molecular formula is C16H25N3OS. The highest BCUT2D eigenvalue weighted by Crippen LogP contribution is 2.11. The Kier molecular flexibility index (Phi) is 5.56. The van der Waals surface area contributed by atoms with Gasteiger partial charge in [0.15, 0.2) is 5.76 Å². The van der Waals surface area contributed by atoms with E-state index in [4.69, 9.17) is 4.52 Å². The van der Waals surface area contributed by atoms with Crippen molar-refractivity contribution in [2.75, 3.05) is 13.6 Å². The number of hydrogen-bond acceptors (Lipinski definition) is 5. The summed E-state index contributed by atoms with van der Waals surface area (Å²) in [5.41, 5.74) is 1.06. The zero-order valence-corrected chi connectivity index (χ0v) is 14.2. The maximum absolute atomic E-state index is 5.41. The number of nitrogens with zero attached hydrogens (tertiary/aromatic N) is 2. The summed E-state index contributed by atoms with van der Waals surface area (Å²) in [5.74, 6) is 0.925. The molecule has 0 aromatic carbocycles. The minimum Gasteiger partial charge on any atom is -0.360 e. The van der Waals surface area contributed by atoms with E-state index in [9.17, 15) is 0 Å². The molecule has 5 heteroatoms. The summed E-state index contributed by atoms with van der Waals surface area (Å²) in [4.78, 5) is 3.69. The molecule has 0 aliphatic carbocycles. The predicted molar refractivity (Wildman–Crippen MR) is 87.5 cm³/mol. The van der Waals surface area contributed by atoms with Crippen LogP contribution in [-0.4, -0.2) is 29.2 Å². The van der Waals surface area contributed by atoms with Crippen LogP contribution in [0.1, 0.15) is 37.1 Å². The van der Waals surface area contributed by atoms with Crippen LogP contribution in [0.15, 0.2) is 28.1 Å². The summed E-state index contributed by atoms with van der Waals surface area (Å²) in [6, 6.07) is 6.33. The van der Waals surface area contributed by atoms with E-state index in [0.29, 0.717) is 0 Å². The van der Waals surface area contributed by atoms with Crippen LogP contribution < -0.4 is 5.32 Å². The lowest BCUT2D eigenvalue weighted by atomic mass is 10.1. The molecule has 0 bridgehead atoms. The lowest BCUT2D eigenvalue weighted by Crippen LogP contribution is -2.35. The molecule has 0 aliphatic rings. The van der Waals surface area contributed by atoms with E-state index in [1.165, 1.54) is 4.88 Å². The van der Waals surface area contributed by atoms with Gasteiger partial charge in [0.05, 0.1) is 12.2 Å². The summed E-state index contributed by atoms with van der Waals surface area (Å²) in [5, 5.41) is 9.66. The zero-order valence-electron chi connectivity index (χ0n) is 13.3. The van der Waals surface area contributed by atoms with Gasteiger partial charge in [0, 0.05) is 29.6 Å². The van der Waals surface area contributed by atoms with E-state index in [1.807, 2.05) is 17.4 Å². The molecule has 116 valence electrons. The van der Waals surface area contributed by atoms with Crippen LogP contribution in [0.3, 0.4) is 0 Å². The van der Waals surface area contributed by atoms with Gasteiger partial charge in [-0.25, -0.2) is 0 Å². The van der Waals surface area contributed by atoms with Gasteiger partial charge in [0.1, 0.15) is 0 Å². The first-order valence-corrected chi connectivity index (χ1v) is 8.21. The Morgan fingerprint density at radius 3 is 2.86 bits per heavy atom. The minimum absolute atomic E-state index is 0.0939. The van der Waals surface area contributed by atoms with Gasteiger partial charge in [-0.05, 0) is 45.7 Å². The number of rotatable bonds is 7. The van der Waals surface area contributed by atoms with Crippen molar-refractivity contribution in [3.63, 3.8) is 0 Å². The molecule has 2 rings (SSSR count). The quantitative estimate of drug-likeness (QED) is 0.852. The Balaban J connectivity index is 1.76. The van der Waals surface area contributed by atoms with E-state index < -0.39 is 0 Å². The van der Waals surface area contributed by atoms with Gasteiger partial charge in [-0.15, -0.1) is 11.3 Å². The smallest absolute Gasteiger partial charge is 0.151 e. The van der Waals surface area contributed by atoms with Crippen LogP contribution in [0.2, 0.25) is 0 Å². The average Bonchev–Trinajstić information content (AvgIpc) is 3.04. The van der Waals surface area contributed by atoms with Crippen LogP contribution in [0.25, 0.3) is 0 Å².